The van der Waals surface area contributed by atoms with Gasteiger partial charge in [0.2, 0.25) is 0 Å². The van der Waals surface area contributed by atoms with Crippen LogP contribution in [0.1, 0.15) is 15.9 Å². The van der Waals surface area contributed by atoms with E-state index in [1.54, 1.807) is 6.08 Å². The minimum atomic E-state index is 0.0557. The van der Waals surface area contributed by atoms with Crippen LogP contribution in [0.2, 0.25) is 0 Å². The summed E-state index contributed by atoms with van der Waals surface area (Å²) in [4.78, 5) is 11.6. The Labute approximate surface area is 92.7 Å². The van der Waals surface area contributed by atoms with E-state index in [0.717, 1.165) is 11.1 Å². The highest BCUT2D eigenvalue weighted by Gasteiger charge is 2.00. The van der Waals surface area contributed by atoms with E-state index in [0.29, 0.717) is 0 Å². The molecule has 0 amide bonds. The molecule has 0 unspecified atom stereocenters. The maximum atomic E-state index is 11.6. The van der Waals surface area contributed by atoms with Gasteiger partial charge in [0, 0.05) is 10.9 Å². The van der Waals surface area contributed by atoms with E-state index in [-0.39, 0.29) is 5.78 Å². The van der Waals surface area contributed by atoms with Crippen LogP contribution >= 0.6 is 11.3 Å². The molecule has 0 bridgehead atoms. The van der Waals surface area contributed by atoms with Crippen molar-refractivity contribution < 1.29 is 4.79 Å². The summed E-state index contributed by atoms with van der Waals surface area (Å²) in [5, 5.41) is 3.77. The van der Waals surface area contributed by atoms with Gasteiger partial charge in [0.05, 0.1) is 0 Å². The van der Waals surface area contributed by atoms with Gasteiger partial charge in [0.1, 0.15) is 0 Å². The Bertz CT molecular complexity index is 455. The van der Waals surface area contributed by atoms with Gasteiger partial charge in [-0.15, -0.1) is 0 Å². The van der Waals surface area contributed by atoms with Crippen molar-refractivity contribution in [1.29, 1.82) is 0 Å². The van der Waals surface area contributed by atoms with Gasteiger partial charge >= 0.3 is 0 Å². The highest BCUT2D eigenvalue weighted by molar-refractivity contribution is 7.08. The molecule has 1 nitrogen and oxygen atoms in total. The normalized spacial score (nSPS) is 10.7. The zero-order valence-corrected chi connectivity index (χ0v) is 8.91. The van der Waals surface area contributed by atoms with Crippen LogP contribution in [0.5, 0.6) is 0 Å². The average molecular weight is 214 g/mol. The molecule has 2 aromatic rings. The molecule has 1 heterocycles. The molecule has 0 N–H and O–H groups in total. The van der Waals surface area contributed by atoms with Crippen molar-refractivity contribution >= 4 is 23.2 Å². The molecule has 74 valence electrons. The van der Waals surface area contributed by atoms with Gasteiger partial charge in [-0.2, -0.15) is 11.3 Å². The molecule has 0 fully saturated rings. The molecule has 0 spiro atoms. The maximum Gasteiger partial charge on any atom is 0.186 e. The number of carbonyl (C=O) groups excluding carboxylic acids is 1. The second-order valence-corrected chi connectivity index (χ2v) is 3.90. The van der Waals surface area contributed by atoms with Crippen molar-refractivity contribution in [1.82, 2.24) is 0 Å². The first-order valence-corrected chi connectivity index (χ1v) is 5.60. The third kappa shape index (κ3) is 2.64. The predicted octanol–water partition coefficient (Wildman–Crippen LogP) is 3.64. The predicted molar refractivity (Wildman–Crippen MR) is 64.1 cm³/mol. The Morgan fingerprint density at radius 2 is 1.93 bits per heavy atom. The van der Waals surface area contributed by atoms with Gasteiger partial charge in [0.25, 0.3) is 0 Å². The summed E-state index contributed by atoms with van der Waals surface area (Å²) < 4.78 is 0. The monoisotopic (exact) mass is 214 g/mol. The lowest BCUT2D eigenvalue weighted by molar-refractivity contribution is 0.104. The van der Waals surface area contributed by atoms with Crippen molar-refractivity contribution in [2.75, 3.05) is 0 Å². The molecule has 0 atom stereocenters. The summed E-state index contributed by atoms with van der Waals surface area (Å²) in [5.41, 5.74) is 1.80. The number of benzene rings is 1. The molecule has 1 aromatic heterocycles. The molecule has 0 radical (unpaired) electrons. The first-order valence-electron chi connectivity index (χ1n) is 4.66. The van der Waals surface area contributed by atoms with E-state index in [2.05, 4.69) is 0 Å². The van der Waals surface area contributed by atoms with E-state index >= 15 is 0 Å². The number of hydrogen-bond donors (Lipinski definition) is 0. The number of rotatable bonds is 3. The van der Waals surface area contributed by atoms with Gasteiger partial charge in [0.15, 0.2) is 5.78 Å². The highest BCUT2D eigenvalue weighted by Crippen LogP contribution is 2.09. The van der Waals surface area contributed by atoms with Gasteiger partial charge in [-0.05, 0) is 23.1 Å². The topological polar surface area (TPSA) is 17.1 Å². The molecule has 0 aliphatic heterocycles. The minimum Gasteiger partial charge on any atom is -0.289 e. The molecule has 2 heteroatoms. The Morgan fingerprint density at radius 1 is 1.13 bits per heavy atom. The smallest absolute Gasteiger partial charge is 0.186 e. The van der Waals surface area contributed by atoms with Crippen molar-refractivity contribution in [2.24, 2.45) is 0 Å². The van der Waals surface area contributed by atoms with Crippen LogP contribution in [0.25, 0.3) is 6.08 Å². The molecular weight excluding hydrogens is 204 g/mol. The second-order valence-electron chi connectivity index (χ2n) is 3.12. The van der Waals surface area contributed by atoms with Crippen LogP contribution in [0, 0.1) is 0 Å². The molecule has 0 saturated carbocycles. The molecule has 2 rings (SSSR count). The van der Waals surface area contributed by atoms with Crippen molar-refractivity contribution in [3.63, 3.8) is 0 Å². The Balaban J connectivity index is 2.10. The van der Waals surface area contributed by atoms with Crippen molar-refractivity contribution in [3.8, 4) is 0 Å². The summed E-state index contributed by atoms with van der Waals surface area (Å²) in [7, 11) is 0. The molecule has 0 aliphatic rings. The molecule has 0 aliphatic carbocycles. The number of hydrogen-bond acceptors (Lipinski definition) is 2. The molecular formula is C13H10OS. The highest BCUT2D eigenvalue weighted by atomic mass is 32.1. The largest absolute Gasteiger partial charge is 0.289 e. The Kier molecular flexibility index (Phi) is 3.10. The van der Waals surface area contributed by atoms with Gasteiger partial charge < -0.3 is 0 Å². The van der Waals surface area contributed by atoms with Crippen molar-refractivity contribution in [2.45, 2.75) is 0 Å². The van der Waals surface area contributed by atoms with Crippen LogP contribution < -0.4 is 0 Å². The number of thiophene rings is 1. The van der Waals surface area contributed by atoms with E-state index in [1.807, 2.05) is 53.2 Å². The number of allylic oxidation sites excluding steroid dienone is 1. The zero-order valence-electron chi connectivity index (χ0n) is 8.09. The minimum absolute atomic E-state index is 0.0557. The van der Waals surface area contributed by atoms with Crippen molar-refractivity contribution in [3.05, 3.63) is 64.4 Å². The van der Waals surface area contributed by atoms with E-state index in [9.17, 15) is 4.79 Å². The fraction of sp³-hybridized carbons (Fsp3) is 0. The molecule has 15 heavy (non-hydrogen) atoms. The SMILES string of the molecule is O=C(/C=C\c1ccccc1)c1ccsc1. The summed E-state index contributed by atoms with van der Waals surface area (Å²) >= 11 is 1.53. The quantitative estimate of drug-likeness (QED) is 0.563. The zero-order chi connectivity index (χ0) is 10.5. The summed E-state index contributed by atoms with van der Waals surface area (Å²) in [6, 6.07) is 11.6. The second kappa shape index (κ2) is 4.71. The van der Waals surface area contributed by atoms with Crippen LogP contribution in [-0.4, -0.2) is 5.78 Å². The first-order chi connectivity index (χ1) is 7.36. The standard InChI is InChI=1S/C13H10OS/c14-13(12-8-9-15-10-12)7-6-11-4-2-1-3-5-11/h1-10H/b7-6-. The lowest BCUT2D eigenvalue weighted by Gasteiger charge is -1.91. The fourth-order valence-corrected chi connectivity index (χ4v) is 1.88. The van der Waals surface area contributed by atoms with E-state index < -0.39 is 0 Å². The summed E-state index contributed by atoms with van der Waals surface area (Å²) in [5.74, 6) is 0.0557. The van der Waals surface area contributed by atoms with E-state index in [1.165, 1.54) is 11.3 Å². The first kappa shape index (κ1) is 9.87. The van der Waals surface area contributed by atoms with Gasteiger partial charge in [-0.1, -0.05) is 36.4 Å². The Morgan fingerprint density at radius 3 is 2.60 bits per heavy atom. The third-order valence-electron chi connectivity index (χ3n) is 2.03. The summed E-state index contributed by atoms with van der Waals surface area (Å²) in [6.07, 6.45) is 3.44. The van der Waals surface area contributed by atoms with Crippen LogP contribution in [0.3, 0.4) is 0 Å². The number of carbonyl (C=O) groups is 1. The third-order valence-corrected chi connectivity index (χ3v) is 2.72. The summed E-state index contributed by atoms with van der Waals surface area (Å²) in [6.45, 7) is 0. The van der Waals surface area contributed by atoms with E-state index in [4.69, 9.17) is 0 Å². The van der Waals surface area contributed by atoms with Crippen LogP contribution in [0.15, 0.2) is 53.2 Å². The Hall–Kier alpha value is -1.67. The van der Waals surface area contributed by atoms with Gasteiger partial charge in [-0.25, -0.2) is 0 Å². The molecule has 0 saturated heterocycles. The number of ketones is 1. The molecule has 1 aromatic carbocycles. The average Bonchev–Trinajstić information content (AvgIpc) is 2.81. The van der Waals surface area contributed by atoms with Crippen LogP contribution in [0.4, 0.5) is 0 Å². The van der Waals surface area contributed by atoms with Crippen LogP contribution in [-0.2, 0) is 0 Å². The van der Waals surface area contributed by atoms with Gasteiger partial charge in [-0.3, -0.25) is 4.79 Å². The fourth-order valence-electron chi connectivity index (χ4n) is 1.24. The lowest BCUT2D eigenvalue weighted by atomic mass is 10.1. The maximum absolute atomic E-state index is 11.6. The lowest BCUT2D eigenvalue weighted by Crippen LogP contribution is -1.89.